The molecule has 0 radical (unpaired) electrons. The van der Waals surface area contributed by atoms with Crippen molar-refractivity contribution in [3.8, 4) is 0 Å². The first-order chi connectivity index (χ1) is 8.83. The first kappa shape index (κ1) is 11.5. The van der Waals surface area contributed by atoms with Gasteiger partial charge in [0.2, 0.25) is 5.95 Å². The molecule has 3 heterocycles. The van der Waals surface area contributed by atoms with Gasteiger partial charge in [0.25, 0.3) is 0 Å². The topological polar surface area (TPSA) is 55.6 Å². The first-order valence-corrected chi connectivity index (χ1v) is 6.43. The molecule has 0 amide bonds. The third kappa shape index (κ3) is 2.31. The summed E-state index contributed by atoms with van der Waals surface area (Å²) < 4.78 is 2.22. The van der Waals surface area contributed by atoms with Crippen LogP contribution in [0.3, 0.4) is 0 Å². The largest absolute Gasteiger partial charge is 0.353 e. The maximum Gasteiger partial charge on any atom is 0.222 e. The molecule has 0 aliphatic carbocycles. The summed E-state index contributed by atoms with van der Waals surface area (Å²) in [5.74, 6) is 2.19. The van der Waals surface area contributed by atoms with Crippen LogP contribution in [-0.2, 0) is 6.54 Å². The Kier molecular flexibility index (Phi) is 3.15. The fourth-order valence-corrected chi connectivity index (χ4v) is 2.42. The van der Waals surface area contributed by atoms with Gasteiger partial charge in [-0.3, -0.25) is 0 Å². The number of nitrogens with zero attached hydrogens (tertiary/aromatic N) is 4. The van der Waals surface area contributed by atoms with E-state index in [-0.39, 0.29) is 0 Å². The van der Waals surface area contributed by atoms with Crippen LogP contribution in [0.5, 0.6) is 0 Å². The van der Waals surface area contributed by atoms with Crippen LogP contribution in [-0.4, -0.2) is 26.1 Å². The quantitative estimate of drug-likeness (QED) is 0.923. The van der Waals surface area contributed by atoms with E-state index in [1.54, 1.807) is 12.4 Å². The van der Waals surface area contributed by atoms with Gasteiger partial charge in [-0.15, -0.1) is 0 Å². The normalized spacial score (nSPS) is 18.4. The Bertz CT molecular complexity index is 522. The summed E-state index contributed by atoms with van der Waals surface area (Å²) >= 11 is 5.75. The summed E-state index contributed by atoms with van der Waals surface area (Å²) in [7, 11) is 0. The highest BCUT2D eigenvalue weighted by Gasteiger charge is 2.21. The number of rotatable bonds is 3. The Hall–Kier alpha value is -1.62. The zero-order valence-electron chi connectivity index (χ0n) is 9.88. The maximum atomic E-state index is 5.75. The highest BCUT2D eigenvalue weighted by molar-refractivity contribution is 6.30. The minimum atomic E-state index is 0.424. The zero-order chi connectivity index (χ0) is 12.4. The number of imidazole rings is 1. The molecule has 1 aliphatic rings. The van der Waals surface area contributed by atoms with Gasteiger partial charge in [0.15, 0.2) is 0 Å². The van der Waals surface area contributed by atoms with Crippen molar-refractivity contribution in [2.24, 2.45) is 0 Å². The van der Waals surface area contributed by atoms with Gasteiger partial charge in [0.05, 0.1) is 17.4 Å². The van der Waals surface area contributed by atoms with E-state index >= 15 is 0 Å². The molecule has 94 valence electrons. The number of nitrogens with one attached hydrogen (secondary N) is 1. The molecule has 1 atom stereocenters. The summed E-state index contributed by atoms with van der Waals surface area (Å²) in [5, 5.41) is 3.79. The average molecular weight is 264 g/mol. The summed E-state index contributed by atoms with van der Waals surface area (Å²) in [5.41, 5.74) is 0. The highest BCUT2D eigenvalue weighted by atomic mass is 35.5. The van der Waals surface area contributed by atoms with Crippen molar-refractivity contribution < 1.29 is 0 Å². The van der Waals surface area contributed by atoms with Crippen molar-refractivity contribution in [1.82, 2.24) is 19.5 Å². The molecule has 2 aromatic rings. The van der Waals surface area contributed by atoms with Crippen LogP contribution in [0.1, 0.15) is 24.6 Å². The third-order valence-corrected chi connectivity index (χ3v) is 3.39. The van der Waals surface area contributed by atoms with Crippen LogP contribution < -0.4 is 5.32 Å². The molecular formula is C12H14ClN5. The fraction of sp³-hybridized carbons (Fsp3) is 0.417. The summed E-state index contributed by atoms with van der Waals surface area (Å²) in [6.07, 6.45) is 9.44. The van der Waals surface area contributed by atoms with Crippen LogP contribution in [0.2, 0.25) is 5.02 Å². The number of anilines is 1. The Morgan fingerprint density at radius 2 is 2.17 bits per heavy atom. The Balaban J connectivity index is 1.66. The van der Waals surface area contributed by atoms with E-state index in [1.807, 2.05) is 12.4 Å². The molecule has 1 aliphatic heterocycles. The van der Waals surface area contributed by atoms with Crippen molar-refractivity contribution in [1.29, 1.82) is 0 Å². The number of hydrogen-bond acceptors (Lipinski definition) is 4. The van der Waals surface area contributed by atoms with Crippen molar-refractivity contribution >= 4 is 17.5 Å². The van der Waals surface area contributed by atoms with Gasteiger partial charge < -0.3 is 9.88 Å². The number of halogens is 1. The Labute approximate surface area is 110 Å². The smallest absolute Gasteiger partial charge is 0.222 e. The van der Waals surface area contributed by atoms with Crippen molar-refractivity contribution in [3.05, 3.63) is 35.6 Å². The molecule has 5 nitrogen and oxygen atoms in total. The number of aromatic nitrogens is 4. The van der Waals surface area contributed by atoms with E-state index in [2.05, 4.69) is 24.8 Å². The van der Waals surface area contributed by atoms with Gasteiger partial charge >= 0.3 is 0 Å². The minimum absolute atomic E-state index is 0.424. The van der Waals surface area contributed by atoms with E-state index < -0.39 is 0 Å². The van der Waals surface area contributed by atoms with Gasteiger partial charge in [-0.2, -0.15) is 0 Å². The van der Waals surface area contributed by atoms with Crippen molar-refractivity contribution in [2.75, 3.05) is 11.9 Å². The Morgan fingerprint density at radius 3 is 3.00 bits per heavy atom. The van der Waals surface area contributed by atoms with Crippen molar-refractivity contribution in [3.63, 3.8) is 0 Å². The average Bonchev–Trinajstić information content (AvgIpc) is 2.87. The Morgan fingerprint density at radius 1 is 1.33 bits per heavy atom. The second-order valence-corrected chi connectivity index (χ2v) is 4.86. The molecule has 6 heteroatoms. The molecule has 1 unspecified atom stereocenters. The third-order valence-electron chi connectivity index (χ3n) is 3.19. The first-order valence-electron chi connectivity index (χ1n) is 6.05. The van der Waals surface area contributed by atoms with Crippen LogP contribution in [0.25, 0.3) is 0 Å². The molecule has 0 fully saturated rings. The van der Waals surface area contributed by atoms with Gasteiger partial charge in [-0.1, -0.05) is 11.6 Å². The molecular weight excluding hydrogens is 250 g/mol. The second-order valence-electron chi connectivity index (χ2n) is 4.42. The lowest BCUT2D eigenvalue weighted by Gasteiger charge is -2.23. The van der Waals surface area contributed by atoms with Gasteiger partial charge in [0.1, 0.15) is 5.82 Å². The van der Waals surface area contributed by atoms with E-state index in [9.17, 15) is 0 Å². The minimum Gasteiger partial charge on any atom is -0.353 e. The molecule has 0 spiro atoms. The molecule has 1 N–H and O–H groups in total. The van der Waals surface area contributed by atoms with E-state index in [1.165, 1.54) is 6.42 Å². The lowest BCUT2D eigenvalue weighted by atomic mass is 9.99. The summed E-state index contributed by atoms with van der Waals surface area (Å²) in [6, 6.07) is 0. The van der Waals surface area contributed by atoms with E-state index in [0.717, 1.165) is 25.3 Å². The van der Waals surface area contributed by atoms with Crippen molar-refractivity contribution in [2.45, 2.75) is 25.3 Å². The molecule has 2 aromatic heterocycles. The van der Waals surface area contributed by atoms with Crippen LogP contribution in [0.4, 0.5) is 5.95 Å². The number of aryl methyl sites for hydroxylation is 1. The predicted molar refractivity (Wildman–Crippen MR) is 69.7 cm³/mol. The standard InChI is InChI=1S/C12H14ClN5/c13-10-7-16-12(17-8-10)15-6-9-2-1-4-18-5-3-14-11(9)18/h3,5,7-9H,1-2,4,6H2,(H,15,16,17). The van der Waals surface area contributed by atoms with Crippen LogP contribution in [0, 0.1) is 0 Å². The van der Waals surface area contributed by atoms with Gasteiger partial charge in [0, 0.05) is 31.4 Å². The number of hydrogen-bond donors (Lipinski definition) is 1. The maximum absolute atomic E-state index is 5.75. The monoisotopic (exact) mass is 263 g/mol. The number of fused-ring (bicyclic) bond motifs is 1. The van der Waals surface area contributed by atoms with E-state index in [4.69, 9.17) is 11.6 Å². The van der Waals surface area contributed by atoms with Gasteiger partial charge in [-0.05, 0) is 12.8 Å². The predicted octanol–water partition coefficient (Wildman–Crippen LogP) is 2.32. The molecule has 18 heavy (non-hydrogen) atoms. The molecule has 0 bridgehead atoms. The van der Waals surface area contributed by atoms with Gasteiger partial charge in [-0.25, -0.2) is 15.0 Å². The molecule has 0 aromatic carbocycles. The van der Waals surface area contributed by atoms with Crippen LogP contribution >= 0.6 is 11.6 Å². The second kappa shape index (κ2) is 4.94. The SMILES string of the molecule is Clc1cnc(NCC2CCCn3ccnc32)nc1. The summed E-state index contributed by atoms with van der Waals surface area (Å²) in [4.78, 5) is 12.7. The molecule has 0 saturated heterocycles. The highest BCUT2D eigenvalue weighted by Crippen LogP contribution is 2.25. The fourth-order valence-electron chi connectivity index (χ4n) is 2.32. The summed E-state index contributed by atoms with van der Waals surface area (Å²) in [6.45, 7) is 1.88. The van der Waals surface area contributed by atoms with Crippen LogP contribution in [0.15, 0.2) is 24.8 Å². The lowest BCUT2D eigenvalue weighted by molar-refractivity contribution is 0.453. The molecule has 3 rings (SSSR count). The molecule has 0 saturated carbocycles. The lowest BCUT2D eigenvalue weighted by Crippen LogP contribution is -2.22. The van der Waals surface area contributed by atoms with E-state index in [0.29, 0.717) is 16.9 Å². The zero-order valence-corrected chi connectivity index (χ0v) is 10.6.